The number of amides is 1. The Balaban J connectivity index is 1.33. The number of hydrogen-bond donors (Lipinski definition) is 0. The molecule has 2 aromatic rings. The third kappa shape index (κ3) is 4.91. The largest absolute Gasteiger partial charge is 0.444 e. The normalized spacial score (nSPS) is 21.1. The monoisotopic (exact) mass is 411 g/mol. The van der Waals surface area contributed by atoms with Crippen molar-refractivity contribution in [3.8, 4) is 0 Å². The van der Waals surface area contributed by atoms with Crippen molar-refractivity contribution in [2.75, 3.05) is 31.1 Å². The van der Waals surface area contributed by atoms with Crippen LogP contribution >= 0.6 is 0 Å². The van der Waals surface area contributed by atoms with Crippen molar-refractivity contribution in [3.05, 3.63) is 59.7 Å². The van der Waals surface area contributed by atoms with E-state index in [1.165, 1.54) is 17.7 Å². The van der Waals surface area contributed by atoms with Gasteiger partial charge in [0, 0.05) is 44.2 Å². The Morgan fingerprint density at radius 2 is 1.67 bits per heavy atom. The lowest BCUT2D eigenvalue weighted by Gasteiger charge is -2.26. The molecule has 4 rings (SSSR count). The molecule has 0 unspecified atom stereocenters. The summed E-state index contributed by atoms with van der Waals surface area (Å²) in [5.41, 5.74) is 3.00. The van der Waals surface area contributed by atoms with E-state index in [2.05, 4.69) is 16.0 Å². The number of halogens is 1. The number of nitrogens with zero attached hydrogens (tertiary/aromatic N) is 3. The van der Waals surface area contributed by atoms with Crippen molar-refractivity contribution < 1.29 is 13.9 Å². The molecule has 1 amide bonds. The minimum Gasteiger partial charge on any atom is -0.444 e. The molecule has 3 heterocycles. The van der Waals surface area contributed by atoms with Gasteiger partial charge in [-0.3, -0.25) is 4.98 Å². The standard InChI is InChI=1S/C24H30FN3O2/c1-24(2,3)30-23(29)28-15-19-13-27(14-20(19)16-28)22-10-18(11-26-12-22)5-4-17-6-8-21(25)9-7-17/h6-12,19-20H,4-5,13-16H2,1-3H3/t19-,20+. The van der Waals surface area contributed by atoms with Gasteiger partial charge in [0.15, 0.2) is 0 Å². The molecule has 2 fully saturated rings. The Bertz CT molecular complexity index is 880. The summed E-state index contributed by atoms with van der Waals surface area (Å²) >= 11 is 0. The van der Waals surface area contributed by atoms with Crippen molar-refractivity contribution in [1.29, 1.82) is 0 Å². The molecule has 0 saturated carbocycles. The number of anilines is 1. The van der Waals surface area contributed by atoms with Gasteiger partial charge in [0.05, 0.1) is 11.9 Å². The van der Waals surface area contributed by atoms with Crippen molar-refractivity contribution in [3.63, 3.8) is 0 Å². The molecule has 1 aromatic carbocycles. The highest BCUT2D eigenvalue weighted by Gasteiger charge is 2.42. The Morgan fingerprint density at radius 3 is 2.30 bits per heavy atom. The summed E-state index contributed by atoms with van der Waals surface area (Å²) in [5.74, 6) is 0.744. The molecule has 160 valence electrons. The van der Waals surface area contributed by atoms with Gasteiger partial charge in [0.1, 0.15) is 11.4 Å². The van der Waals surface area contributed by atoms with Crippen molar-refractivity contribution in [1.82, 2.24) is 9.88 Å². The number of fused-ring (bicyclic) bond motifs is 1. The average molecular weight is 412 g/mol. The third-order valence-electron chi connectivity index (χ3n) is 5.90. The molecule has 5 nitrogen and oxygen atoms in total. The van der Waals surface area contributed by atoms with Gasteiger partial charge in [-0.2, -0.15) is 0 Å². The number of carbonyl (C=O) groups is 1. The second kappa shape index (κ2) is 8.25. The smallest absolute Gasteiger partial charge is 0.410 e. The van der Waals surface area contributed by atoms with Crippen LogP contribution in [0.2, 0.25) is 0 Å². The van der Waals surface area contributed by atoms with Gasteiger partial charge in [-0.25, -0.2) is 9.18 Å². The molecule has 2 atom stereocenters. The van der Waals surface area contributed by atoms with Gasteiger partial charge >= 0.3 is 6.09 Å². The first kappa shape index (κ1) is 20.6. The predicted molar refractivity (Wildman–Crippen MR) is 115 cm³/mol. The molecule has 0 bridgehead atoms. The van der Waals surface area contributed by atoms with Gasteiger partial charge in [0.2, 0.25) is 0 Å². The average Bonchev–Trinajstić information content (AvgIpc) is 3.26. The second-order valence-electron chi connectivity index (χ2n) is 9.49. The fourth-order valence-corrected chi connectivity index (χ4v) is 4.40. The quantitative estimate of drug-likeness (QED) is 0.752. The maximum absolute atomic E-state index is 13.1. The van der Waals surface area contributed by atoms with E-state index >= 15 is 0 Å². The Labute approximate surface area is 177 Å². The topological polar surface area (TPSA) is 45.7 Å². The Morgan fingerprint density at radius 1 is 1.03 bits per heavy atom. The first-order valence-corrected chi connectivity index (χ1v) is 10.7. The molecule has 0 radical (unpaired) electrons. The van der Waals surface area contributed by atoms with E-state index in [0.29, 0.717) is 11.8 Å². The van der Waals surface area contributed by atoms with Crippen LogP contribution in [0.5, 0.6) is 0 Å². The van der Waals surface area contributed by atoms with Gasteiger partial charge in [0.25, 0.3) is 0 Å². The highest BCUT2D eigenvalue weighted by molar-refractivity contribution is 5.68. The zero-order chi connectivity index (χ0) is 21.3. The van der Waals surface area contributed by atoms with E-state index in [1.54, 1.807) is 0 Å². The SMILES string of the molecule is CC(C)(C)OC(=O)N1C[C@@H]2CN(c3cncc(CCc4ccc(F)cc4)c3)C[C@@H]2C1. The minimum atomic E-state index is -0.457. The molecule has 0 spiro atoms. The van der Waals surface area contributed by atoms with Crippen molar-refractivity contribution >= 4 is 11.8 Å². The van der Waals surface area contributed by atoms with Gasteiger partial charge in [-0.05, 0) is 62.9 Å². The lowest BCUT2D eigenvalue weighted by molar-refractivity contribution is 0.0282. The Kier molecular flexibility index (Phi) is 5.67. The van der Waals surface area contributed by atoms with Crippen LogP contribution in [0.4, 0.5) is 14.9 Å². The van der Waals surface area contributed by atoms with Crippen LogP contribution in [0.1, 0.15) is 31.9 Å². The van der Waals surface area contributed by atoms with Crippen LogP contribution < -0.4 is 4.90 Å². The zero-order valence-electron chi connectivity index (χ0n) is 18.0. The number of benzene rings is 1. The second-order valence-corrected chi connectivity index (χ2v) is 9.49. The molecule has 30 heavy (non-hydrogen) atoms. The maximum atomic E-state index is 13.1. The molecule has 1 aromatic heterocycles. The summed E-state index contributed by atoms with van der Waals surface area (Å²) in [4.78, 5) is 21.0. The highest BCUT2D eigenvalue weighted by atomic mass is 19.1. The van der Waals surface area contributed by atoms with Crippen LogP contribution in [0.3, 0.4) is 0 Å². The minimum absolute atomic E-state index is 0.201. The molecular formula is C24H30FN3O2. The number of ether oxygens (including phenoxy) is 1. The van der Waals surface area contributed by atoms with Crippen LogP contribution in [0.15, 0.2) is 42.7 Å². The van der Waals surface area contributed by atoms with Crippen molar-refractivity contribution in [2.45, 2.75) is 39.2 Å². The van der Waals surface area contributed by atoms with Crippen LogP contribution in [0, 0.1) is 17.7 Å². The highest BCUT2D eigenvalue weighted by Crippen LogP contribution is 2.34. The summed E-state index contributed by atoms with van der Waals surface area (Å²) in [5, 5.41) is 0. The van der Waals surface area contributed by atoms with E-state index in [0.717, 1.165) is 50.3 Å². The Hall–Kier alpha value is -2.63. The van der Waals surface area contributed by atoms with Gasteiger partial charge in [-0.15, -0.1) is 0 Å². The molecule has 6 heteroatoms. The maximum Gasteiger partial charge on any atom is 0.410 e. The lowest BCUT2D eigenvalue weighted by atomic mass is 10.0. The van der Waals surface area contributed by atoms with E-state index < -0.39 is 5.60 Å². The van der Waals surface area contributed by atoms with E-state index in [1.807, 2.05) is 50.2 Å². The predicted octanol–water partition coefficient (Wildman–Crippen LogP) is 4.31. The van der Waals surface area contributed by atoms with E-state index in [9.17, 15) is 9.18 Å². The first-order chi connectivity index (χ1) is 14.3. The van der Waals surface area contributed by atoms with Crippen LogP contribution in [0.25, 0.3) is 0 Å². The molecule has 2 aliphatic heterocycles. The summed E-state index contributed by atoms with van der Waals surface area (Å²) in [7, 11) is 0. The molecule has 2 saturated heterocycles. The zero-order valence-corrected chi connectivity index (χ0v) is 18.0. The third-order valence-corrected chi connectivity index (χ3v) is 5.90. The van der Waals surface area contributed by atoms with Gasteiger partial charge in [-0.1, -0.05) is 12.1 Å². The summed E-state index contributed by atoms with van der Waals surface area (Å²) in [6, 6.07) is 8.90. The first-order valence-electron chi connectivity index (χ1n) is 10.7. The summed E-state index contributed by atoms with van der Waals surface area (Å²) < 4.78 is 18.6. The van der Waals surface area contributed by atoms with Crippen LogP contribution in [-0.2, 0) is 17.6 Å². The van der Waals surface area contributed by atoms with E-state index in [-0.39, 0.29) is 11.9 Å². The summed E-state index contributed by atoms with van der Waals surface area (Å²) in [6.07, 6.45) is 5.37. The number of aromatic nitrogens is 1. The lowest BCUT2D eigenvalue weighted by Crippen LogP contribution is -2.37. The van der Waals surface area contributed by atoms with Gasteiger partial charge < -0.3 is 14.5 Å². The number of likely N-dealkylation sites (tertiary alicyclic amines) is 1. The van der Waals surface area contributed by atoms with E-state index in [4.69, 9.17) is 4.74 Å². The molecule has 0 N–H and O–H groups in total. The number of rotatable bonds is 4. The number of aryl methyl sites for hydroxylation is 2. The fourth-order valence-electron chi connectivity index (χ4n) is 4.40. The number of hydrogen-bond acceptors (Lipinski definition) is 4. The number of pyridine rings is 1. The molecular weight excluding hydrogens is 381 g/mol. The van der Waals surface area contributed by atoms with Crippen LogP contribution in [-0.4, -0.2) is 47.8 Å². The number of carbonyl (C=O) groups excluding carboxylic acids is 1. The van der Waals surface area contributed by atoms with Crippen molar-refractivity contribution in [2.24, 2.45) is 11.8 Å². The fraction of sp³-hybridized carbons (Fsp3) is 0.500. The molecule has 2 aliphatic rings. The summed E-state index contributed by atoms with van der Waals surface area (Å²) in [6.45, 7) is 9.10. The molecule has 0 aliphatic carbocycles.